The number of benzene rings is 1. The number of rotatable bonds is 3. The summed E-state index contributed by atoms with van der Waals surface area (Å²) < 4.78 is 10.8. The summed E-state index contributed by atoms with van der Waals surface area (Å²) >= 11 is 9.59. The molecule has 0 saturated heterocycles. The molecule has 0 aliphatic heterocycles. The average Bonchev–Trinajstić information content (AvgIpc) is 2.67. The molecule has 0 unspecified atom stereocenters. The lowest BCUT2D eigenvalue weighted by Crippen LogP contribution is -2.06. The number of aromatic hydroxyl groups is 2. The number of phosphoric acid groups is 1. The first kappa shape index (κ1) is 19.8. The first-order chi connectivity index (χ1) is 10.5. The van der Waals surface area contributed by atoms with Crippen molar-refractivity contribution in [1.82, 2.24) is 4.68 Å². The highest BCUT2D eigenvalue weighted by molar-refractivity contribution is 7.58. The van der Waals surface area contributed by atoms with Crippen molar-refractivity contribution in [1.29, 1.82) is 0 Å². The Kier molecular flexibility index (Phi) is 6.46. The van der Waals surface area contributed by atoms with Crippen molar-refractivity contribution in [3.05, 3.63) is 23.3 Å². The van der Waals surface area contributed by atoms with Gasteiger partial charge < -0.3 is 24.9 Å². The van der Waals surface area contributed by atoms with Gasteiger partial charge in [0, 0.05) is 0 Å². The van der Waals surface area contributed by atoms with Crippen LogP contribution in [-0.2, 0) is 42.6 Å². The molecule has 2 rings (SSSR count). The average molecular weight is 380 g/mol. The van der Waals surface area contributed by atoms with Gasteiger partial charge in [0.15, 0.2) is 0 Å². The summed E-state index contributed by atoms with van der Waals surface area (Å²) in [7, 11) is -4.64. The number of fused-ring (bicyclic) bond motifs is 1. The summed E-state index contributed by atoms with van der Waals surface area (Å²) in [5, 5.41) is 21.5. The van der Waals surface area contributed by atoms with Gasteiger partial charge >= 0.3 is 7.82 Å². The van der Waals surface area contributed by atoms with Crippen LogP contribution in [0.2, 0.25) is 0 Å². The molecule has 1 aromatic heterocycles. The van der Waals surface area contributed by atoms with Gasteiger partial charge in [-0.25, -0.2) is 4.57 Å². The second kappa shape index (κ2) is 7.52. The zero-order chi connectivity index (χ0) is 17.9. The van der Waals surface area contributed by atoms with Crippen LogP contribution in [0.1, 0.15) is 25.0 Å². The van der Waals surface area contributed by atoms with Crippen LogP contribution in [0.25, 0.3) is 10.8 Å². The second-order valence-corrected chi connectivity index (χ2v) is 6.49. The van der Waals surface area contributed by atoms with Gasteiger partial charge in [0.2, 0.25) is 0 Å². The van der Waals surface area contributed by atoms with E-state index in [4.69, 9.17) is 44.5 Å². The smallest absolute Gasteiger partial charge is 0.466 e. The Hall–Kier alpha value is -1.29. The Labute approximate surface area is 143 Å². The summed E-state index contributed by atoms with van der Waals surface area (Å²) in [6.45, 7) is 4.07. The Morgan fingerprint density at radius 2 is 1.70 bits per heavy atom. The normalized spacial score (nSPS) is 11.2. The molecule has 0 saturated carbocycles. The molecule has 0 aliphatic carbocycles. The zero-order valence-electron chi connectivity index (χ0n) is 12.4. The molecule has 23 heavy (non-hydrogen) atoms. The molecule has 0 spiro atoms. The van der Waals surface area contributed by atoms with Crippen molar-refractivity contribution in [2.45, 2.75) is 26.7 Å². The van der Waals surface area contributed by atoms with E-state index in [1.807, 2.05) is 13.0 Å². The van der Waals surface area contributed by atoms with Gasteiger partial charge in [-0.3, -0.25) is 0 Å². The minimum absolute atomic E-state index is 0.0975. The van der Waals surface area contributed by atoms with E-state index >= 15 is 0 Å². The quantitative estimate of drug-likeness (QED) is 0.306. The van der Waals surface area contributed by atoms with Crippen LogP contribution < -0.4 is 0 Å². The van der Waals surface area contributed by atoms with Crippen molar-refractivity contribution in [2.75, 3.05) is 0 Å². The molecule has 0 bridgehead atoms. The van der Waals surface area contributed by atoms with Crippen molar-refractivity contribution < 1.29 is 32.9 Å². The minimum atomic E-state index is -4.64. The number of hydrogen-bond donors (Lipinski definition) is 5. The standard InChI is InChI=1S/C12H14N2O2S2.H3O4P/c1-3-7-5-6-9-10(8(7)4-2)12(16)13(11(9)15)14(17)18;1-5(2,3)4/h5-6,15-16H,3-4H2,1-2H3;(H3,1,2,3,4). The van der Waals surface area contributed by atoms with Crippen LogP contribution in [0.15, 0.2) is 12.1 Å². The second-order valence-electron chi connectivity index (χ2n) is 4.54. The molecule has 11 heteroatoms. The molecule has 1 aromatic carbocycles. The first-order valence-electron chi connectivity index (χ1n) is 6.52. The third kappa shape index (κ3) is 4.60. The SMILES string of the molecule is CCc1ccc2c(O)n([N+](=S)[S-])c(O)c2c1CC.O=P(O)(O)O. The van der Waals surface area contributed by atoms with Gasteiger partial charge in [0.25, 0.3) is 11.8 Å². The number of hydrogen-bond acceptors (Lipinski definition) is 5. The van der Waals surface area contributed by atoms with E-state index in [2.05, 4.69) is 6.92 Å². The molecule has 0 radical (unpaired) electrons. The van der Waals surface area contributed by atoms with Crippen LogP contribution in [0.5, 0.6) is 11.8 Å². The Bertz CT molecular complexity index is 777. The fraction of sp³-hybridized carbons (Fsp3) is 0.333. The monoisotopic (exact) mass is 380 g/mol. The van der Waals surface area contributed by atoms with Crippen molar-refractivity contribution in [3.8, 4) is 11.8 Å². The lowest BCUT2D eigenvalue weighted by molar-refractivity contribution is -0.390. The third-order valence-electron chi connectivity index (χ3n) is 3.17. The van der Waals surface area contributed by atoms with Crippen LogP contribution >= 0.6 is 7.82 Å². The highest BCUT2D eigenvalue weighted by atomic mass is 32.2. The maximum Gasteiger partial charge on any atom is 0.466 e. The molecule has 0 fully saturated rings. The Balaban J connectivity index is 0.000000463. The van der Waals surface area contributed by atoms with Gasteiger partial charge in [0.05, 0.1) is 10.8 Å². The van der Waals surface area contributed by atoms with E-state index in [0.717, 1.165) is 32.1 Å². The van der Waals surface area contributed by atoms with Gasteiger partial charge in [-0.15, -0.1) is 3.46 Å². The summed E-state index contributed by atoms with van der Waals surface area (Å²) in [5.74, 6) is -0.218. The number of nitrogens with zero attached hydrogens (tertiary/aromatic N) is 2. The molecular formula is C12H17N2O6PS2. The molecular weight excluding hydrogens is 363 g/mol. The molecule has 0 aliphatic rings. The lowest BCUT2D eigenvalue weighted by atomic mass is 9.98. The van der Waals surface area contributed by atoms with E-state index in [0.29, 0.717) is 10.8 Å². The Morgan fingerprint density at radius 1 is 1.17 bits per heavy atom. The minimum Gasteiger partial charge on any atom is -0.490 e. The molecule has 0 amide bonds. The molecule has 8 nitrogen and oxygen atoms in total. The van der Waals surface area contributed by atoms with Gasteiger partial charge in [-0.1, -0.05) is 24.6 Å². The summed E-state index contributed by atoms with van der Waals surface area (Å²) in [6, 6.07) is 3.74. The highest BCUT2D eigenvalue weighted by Gasteiger charge is 2.23. The summed E-state index contributed by atoms with van der Waals surface area (Å²) in [6.07, 6.45) is 1.64. The fourth-order valence-corrected chi connectivity index (χ4v) is 2.65. The van der Waals surface area contributed by atoms with Crippen molar-refractivity contribution >= 4 is 43.8 Å². The number of aryl methyl sites for hydroxylation is 2. The number of aromatic nitrogens is 1. The maximum atomic E-state index is 10.2. The predicted molar refractivity (Wildman–Crippen MR) is 88.7 cm³/mol. The van der Waals surface area contributed by atoms with Crippen LogP contribution in [0.3, 0.4) is 0 Å². The molecule has 0 atom stereocenters. The van der Waals surface area contributed by atoms with Crippen LogP contribution in [0, 0.1) is 0 Å². The van der Waals surface area contributed by atoms with E-state index in [-0.39, 0.29) is 11.8 Å². The topological polar surface area (TPSA) is 126 Å². The van der Waals surface area contributed by atoms with Gasteiger partial charge in [-0.2, -0.15) is 0 Å². The summed E-state index contributed by atoms with van der Waals surface area (Å²) in [4.78, 5) is 21.6. The fourth-order valence-electron chi connectivity index (χ4n) is 2.34. The largest absolute Gasteiger partial charge is 0.490 e. The van der Waals surface area contributed by atoms with Gasteiger partial charge in [-0.05, 0) is 55.3 Å². The van der Waals surface area contributed by atoms with E-state index in [9.17, 15) is 10.2 Å². The Morgan fingerprint density at radius 3 is 2.09 bits per heavy atom. The molecule has 128 valence electrons. The molecule has 1 heterocycles. The van der Waals surface area contributed by atoms with Crippen molar-refractivity contribution in [2.24, 2.45) is 0 Å². The van der Waals surface area contributed by atoms with Crippen LogP contribution in [-0.4, -0.2) is 33.0 Å². The van der Waals surface area contributed by atoms with E-state index < -0.39 is 7.82 Å². The molecule has 2 aromatic rings. The molecule has 5 N–H and O–H groups in total. The third-order valence-corrected chi connectivity index (χ3v) is 3.50. The van der Waals surface area contributed by atoms with Crippen LogP contribution in [0.4, 0.5) is 0 Å². The highest BCUT2D eigenvalue weighted by Crippen LogP contribution is 2.39. The van der Waals surface area contributed by atoms with Gasteiger partial charge in [0.1, 0.15) is 0 Å². The van der Waals surface area contributed by atoms with E-state index in [1.54, 1.807) is 6.07 Å². The first-order valence-corrected chi connectivity index (χ1v) is 8.82. The van der Waals surface area contributed by atoms with Crippen molar-refractivity contribution in [3.63, 3.8) is 0 Å². The predicted octanol–water partition coefficient (Wildman–Crippen LogP) is 1.22. The zero-order valence-corrected chi connectivity index (χ0v) is 14.9. The maximum absolute atomic E-state index is 10.2. The summed E-state index contributed by atoms with van der Waals surface area (Å²) in [5.41, 5.74) is 2.17. The lowest BCUT2D eigenvalue weighted by Gasteiger charge is -2.06. The van der Waals surface area contributed by atoms with E-state index in [1.165, 1.54) is 0 Å².